The summed E-state index contributed by atoms with van der Waals surface area (Å²) < 4.78 is 10.9. The second-order valence-electron chi connectivity index (χ2n) is 6.46. The number of benzene rings is 1. The predicted octanol–water partition coefficient (Wildman–Crippen LogP) is 1.84. The van der Waals surface area contributed by atoms with Crippen LogP contribution >= 0.6 is 0 Å². The lowest BCUT2D eigenvalue weighted by Crippen LogP contribution is -2.47. The van der Waals surface area contributed by atoms with Gasteiger partial charge in [0.2, 0.25) is 0 Å². The topological polar surface area (TPSA) is 58.8 Å². The van der Waals surface area contributed by atoms with Gasteiger partial charge in [0.25, 0.3) is 5.91 Å². The number of likely N-dealkylation sites (N-methyl/N-ethyl adjacent to an activating group) is 1. The first-order valence-corrected chi connectivity index (χ1v) is 8.31. The first-order valence-electron chi connectivity index (χ1n) is 8.31. The van der Waals surface area contributed by atoms with Crippen molar-refractivity contribution in [2.75, 3.05) is 40.3 Å². The fourth-order valence-electron chi connectivity index (χ4n) is 3.47. The van der Waals surface area contributed by atoms with Gasteiger partial charge in [-0.1, -0.05) is 5.16 Å². The number of hydrogen-bond donors (Lipinski definition) is 0. The number of aromatic nitrogens is 1. The molecule has 1 saturated heterocycles. The Morgan fingerprint density at radius 3 is 2.75 bits per heavy atom. The molecule has 0 radical (unpaired) electrons. The summed E-state index contributed by atoms with van der Waals surface area (Å²) >= 11 is 0. The van der Waals surface area contributed by atoms with Gasteiger partial charge in [0.15, 0.2) is 11.5 Å². The molecule has 0 atom stereocenters. The summed E-state index contributed by atoms with van der Waals surface area (Å²) in [5.74, 6) is 1.56. The Hall–Kier alpha value is -2.34. The lowest BCUT2D eigenvalue weighted by molar-refractivity contribution is 0.0653. The van der Waals surface area contributed by atoms with Crippen molar-refractivity contribution in [3.05, 3.63) is 35.0 Å². The highest BCUT2D eigenvalue weighted by Gasteiger charge is 2.31. The molecule has 126 valence electrons. The Balaban J connectivity index is 1.64. The van der Waals surface area contributed by atoms with Crippen molar-refractivity contribution < 1.29 is 14.1 Å². The van der Waals surface area contributed by atoms with Crippen LogP contribution in [0, 0.1) is 0 Å². The molecule has 1 aliphatic heterocycles. The molecule has 0 spiro atoms. The number of carbonyl (C=O) groups is 1. The van der Waals surface area contributed by atoms with E-state index in [1.807, 2.05) is 23.1 Å². The lowest BCUT2D eigenvalue weighted by atomic mass is 9.89. The van der Waals surface area contributed by atoms with Gasteiger partial charge in [-0.25, -0.2) is 0 Å². The molecule has 0 unspecified atom stereocenters. The molecule has 1 aliphatic carbocycles. The number of ether oxygens (including phenoxy) is 1. The molecule has 2 aromatic rings. The van der Waals surface area contributed by atoms with Crippen molar-refractivity contribution in [3.63, 3.8) is 0 Å². The number of nitrogens with zero attached hydrogens (tertiary/aromatic N) is 3. The van der Waals surface area contributed by atoms with Gasteiger partial charge in [-0.2, -0.15) is 0 Å². The Morgan fingerprint density at radius 1 is 1.21 bits per heavy atom. The Kier molecular flexibility index (Phi) is 3.76. The van der Waals surface area contributed by atoms with Crippen molar-refractivity contribution in [1.82, 2.24) is 15.0 Å². The average Bonchev–Trinajstić information content (AvgIpc) is 3.05. The van der Waals surface area contributed by atoms with Crippen molar-refractivity contribution in [2.24, 2.45) is 0 Å². The maximum absolute atomic E-state index is 12.8. The van der Waals surface area contributed by atoms with E-state index in [0.717, 1.165) is 61.7 Å². The minimum absolute atomic E-state index is 0.00920. The van der Waals surface area contributed by atoms with Crippen LogP contribution in [0.2, 0.25) is 0 Å². The molecule has 6 nitrogen and oxygen atoms in total. The van der Waals surface area contributed by atoms with Gasteiger partial charge in [-0.3, -0.25) is 4.79 Å². The first-order chi connectivity index (χ1) is 11.7. The van der Waals surface area contributed by atoms with Crippen molar-refractivity contribution in [3.8, 4) is 17.1 Å². The molecule has 1 aromatic heterocycles. The van der Waals surface area contributed by atoms with Gasteiger partial charge < -0.3 is 19.1 Å². The van der Waals surface area contributed by atoms with E-state index in [1.165, 1.54) is 5.56 Å². The van der Waals surface area contributed by atoms with Crippen LogP contribution in [-0.2, 0) is 12.8 Å². The fourth-order valence-corrected chi connectivity index (χ4v) is 3.47. The largest absolute Gasteiger partial charge is 0.497 e. The van der Waals surface area contributed by atoms with Crippen LogP contribution in [0.25, 0.3) is 11.3 Å². The van der Waals surface area contributed by atoms with Gasteiger partial charge in [-0.15, -0.1) is 0 Å². The van der Waals surface area contributed by atoms with Gasteiger partial charge in [-0.05, 0) is 43.7 Å². The molecule has 4 rings (SSSR count). The van der Waals surface area contributed by atoms with E-state index >= 15 is 0 Å². The van der Waals surface area contributed by atoms with Crippen LogP contribution in [0.4, 0.5) is 0 Å². The van der Waals surface area contributed by atoms with Gasteiger partial charge in [0.05, 0.1) is 7.11 Å². The van der Waals surface area contributed by atoms with Crippen molar-refractivity contribution >= 4 is 5.91 Å². The Bertz CT molecular complexity index is 776. The van der Waals surface area contributed by atoms with Crippen molar-refractivity contribution in [2.45, 2.75) is 12.8 Å². The van der Waals surface area contributed by atoms with E-state index in [9.17, 15) is 4.79 Å². The van der Waals surface area contributed by atoms with Crippen LogP contribution < -0.4 is 4.74 Å². The molecule has 1 amide bonds. The smallest absolute Gasteiger partial charge is 0.276 e. The number of carbonyl (C=O) groups excluding carboxylic acids is 1. The third kappa shape index (κ3) is 2.47. The molecule has 1 aromatic carbocycles. The molecular weight excluding hydrogens is 306 g/mol. The van der Waals surface area contributed by atoms with E-state index in [2.05, 4.69) is 17.1 Å². The zero-order chi connectivity index (χ0) is 16.7. The monoisotopic (exact) mass is 327 g/mol. The highest BCUT2D eigenvalue weighted by atomic mass is 16.5. The maximum Gasteiger partial charge on any atom is 0.276 e. The maximum atomic E-state index is 12.8. The summed E-state index contributed by atoms with van der Waals surface area (Å²) in [5.41, 5.74) is 3.62. The average molecular weight is 327 g/mol. The molecule has 0 saturated carbocycles. The van der Waals surface area contributed by atoms with Crippen LogP contribution in [0.3, 0.4) is 0 Å². The SMILES string of the molecule is COc1ccc2c(c1)CCc1c(C(=O)N3CCN(C)CC3)noc1-2. The fraction of sp³-hybridized carbons (Fsp3) is 0.444. The summed E-state index contributed by atoms with van der Waals surface area (Å²) in [6.07, 6.45) is 1.64. The normalized spacial score (nSPS) is 17.3. The molecule has 2 heterocycles. The second kappa shape index (κ2) is 5.94. The number of methoxy groups -OCH3 is 1. The van der Waals surface area contributed by atoms with Crippen LogP contribution in [0.1, 0.15) is 21.6 Å². The summed E-state index contributed by atoms with van der Waals surface area (Å²) in [6, 6.07) is 5.93. The highest BCUT2D eigenvalue weighted by Crippen LogP contribution is 2.37. The quantitative estimate of drug-likeness (QED) is 0.842. The number of fused-ring (bicyclic) bond motifs is 3. The number of rotatable bonds is 2. The molecule has 2 aliphatic rings. The molecular formula is C18H21N3O3. The highest BCUT2D eigenvalue weighted by molar-refractivity contribution is 5.95. The third-order valence-corrected chi connectivity index (χ3v) is 4.98. The molecule has 6 heteroatoms. The first kappa shape index (κ1) is 15.2. The van der Waals surface area contributed by atoms with E-state index < -0.39 is 0 Å². The minimum Gasteiger partial charge on any atom is -0.497 e. The lowest BCUT2D eigenvalue weighted by Gasteiger charge is -2.32. The summed E-state index contributed by atoms with van der Waals surface area (Å²) in [4.78, 5) is 16.9. The number of amides is 1. The van der Waals surface area contributed by atoms with Gasteiger partial charge >= 0.3 is 0 Å². The summed E-state index contributed by atoms with van der Waals surface area (Å²) in [6.45, 7) is 3.28. The minimum atomic E-state index is -0.00920. The zero-order valence-corrected chi connectivity index (χ0v) is 14.0. The van der Waals surface area contributed by atoms with E-state index in [1.54, 1.807) is 7.11 Å². The number of piperazine rings is 1. The van der Waals surface area contributed by atoms with Crippen LogP contribution in [0.15, 0.2) is 22.7 Å². The zero-order valence-electron chi connectivity index (χ0n) is 14.0. The standard InChI is InChI=1S/C18H21N3O3/c1-20-7-9-21(10-8-20)18(22)16-15-5-3-12-11-13(23-2)4-6-14(12)17(15)24-19-16/h4,6,11H,3,5,7-10H2,1-2H3. The van der Waals surface area contributed by atoms with E-state index in [0.29, 0.717) is 5.69 Å². The van der Waals surface area contributed by atoms with Gasteiger partial charge in [0.1, 0.15) is 5.75 Å². The number of hydrogen-bond acceptors (Lipinski definition) is 5. The molecule has 0 N–H and O–H groups in total. The Morgan fingerprint density at radius 2 is 2.00 bits per heavy atom. The summed E-state index contributed by atoms with van der Waals surface area (Å²) in [5, 5.41) is 4.12. The molecule has 24 heavy (non-hydrogen) atoms. The Labute approximate surface area is 141 Å². The molecule has 0 bridgehead atoms. The summed E-state index contributed by atoms with van der Waals surface area (Å²) in [7, 11) is 3.74. The third-order valence-electron chi connectivity index (χ3n) is 4.98. The van der Waals surface area contributed by atoms with E-state index in [-0.39, 0.29) is 5.91 Å². The van der Waals surface area contributed by atoms with Crippen LogP contribution in [0.5, 0.6) is 5.75 Å². The van der Waals surface area contributed by atoms with Crippen molar-refractivity contribution in [1.29, 1.82) is 0 Å². The van der Waals surface area contributed by atoms with Crippen LogP contribution in [-0.4, -0.2) is 61.2 Å². The van der Waals surface area contributed by atoms with Gasteiger partial charge in [0, 0.05) is 37.3 Å². The number of aryl methyl sites for hydroxylation is 1. The second-order valence-corrected chi connectivity index (χ2v) is 6.46. The molecule has 1 fully saturated rings. The predicted molar refractivity (Wildman–Crippen MR) is 89.3 cm³/mol. The van der Waals surface area contributed by atoms with E-state index in [4.69, 9.17) is 9.26 Å².